The first-order chi connectivity index (χ1) is 15.6. The lowest BCUT2D eigenvalue weighted by molar-refractivity contribution is -0.132. The van der Waals surface area contributed by atoms with Crippen LogP contribution in [0, 0.1) is 12.8 Å². The van der Waals surface area contributed by atoms with E-state index in [0.29, 0.717) is 5.02 Å². The van der Waals surface area contributed by atoms with E-state index in [9.17, 15) is 13.2 Å². The monoisotopic (exact) mass is 523 g/mol. The number of nitrogens with zero attached hydrogens (tertiary/aromatic N) is 3. The largest absolute Gasteiger partial charge is 0.321 e. The average molecular weight is 524 g/mol. The molecule has 1 aliphatic rings. The Balaban J connectivity index is 1.54. The Bertz CT molecular complexity index is 1280. The summed E-state index contributed by atoms with van der Waals surface area (Å²) in [6.45, 7) is 8.00. The zero-order valence-corrected chi connectivity index (χ0v) is 22.1. The highest BCUT2D eigenvalue weighted by molar-refractivity contribution is 8.01. The summed E-state index contributed by atoms with van der Waals surface area (Å²) in [5.41, 5.74) is 1.81. The van der Waals surface area contributed by atoms with Crippen molar-refractivity contribution in [3.63, 3.8) is 0 Å². The maximum Gasteiger partial charge on any atom is 0.244 e. The van der Waals surface area contributed by atoms with Crippen LogP contribution < -0.4 is 0 Å². The molecule has 2 atom stereocenters. The summed E-state index contributed by atoms with van der Waals surface area (Å²) in [5, 5.41) is 0.626. The number of thioether (sulfide) groups is 1. The van der Waals surface area contributed by atoms with Crippen molar-refractivity contribution in [2.45, 2.75) is 49.1 Å². The normalized spacial score (nSPS) is 19.6. The van der Waals surface area contributed by atoms with Crippen LogP contribution in [-0.4, -0.2) is 53.0 Å². The molecule has 33 heavy (non-hydrogen) atoms. The molecule has 0 bridgehead atoms. The van der Waals surface area contributed by atoms with Gasteiger partial charge in [0.15, 0.2) is 4.34 Å². The van der Waals surface area contributed by atoms with E-state index in [1.807, 2.05) is 45.9 Å². The summed E-state index contributed by atoms with van der Waals surface area (Å²) in [5.74, 6) is 0.0401. The molecule has 0 saturated carbocycles. The van der Waals surface area contributed by atoms with Crippen LogP contribution >= 0.6 is 34.7 Å². The minimum absolute atomic E-state index is 0.0614. The van der Waals surface area contributed by atoms with Crippen LogP contribution in [-0.2, 0) is 14.8 Å². The van der Waals surface area contributed by atoms with Crippen LogP contribution in [0.25, 0.3) is 10.2 Å². The fourth-order valence-corrected chi connectivity index (χ4v) is 8.00. The quantitative estimate of drug-likeness (QED) is 0.412. The molecule has 0 N–H and O–H groups in total. The van der Waals surface area contributed by atoms with Gasteiger partial charge in [-0.05, 0) is 50.1 Å². The molecular weight excluding hydrogens is 498 g/mol. The van der Waals surface area contributed by atoms with Gasteiger partial charge in [-0.25, -0.2) is 13.4 Å². The van der Waals surface area contributed by atoms with Crippen LogP contribution in [0.4, 0.5) is 0 Å². The van der Waals surface area contributed by atoms with Gasteiger partial charge in [0.25, 0.3) is 0 Å². The number of aromatic nitrogens is 1. The van der Waals surface area contributed by atoms with Gasteiger partial charge in [0, 0.05) is 17.6 Å². The van der Waals surface area contributed by atoms with E-state index in [0.717, 1.165) is 20.1 Å². The molecule has 0 unspecified atom stereocenters. The summed E-state index contributed by atoms with van der Waals surface area (Å²) in [4.78, 5) is 19.9. The van der Waals surface area contributed by atoms with Crippen LogP contribution in [0.3, 0.4) is 0 Å². The van der Waals surface area contributed by atoms with Crippen molar-refractivity contribution in [2.24, 2.45) is 5.92 Å². The number of benzene rings is 2. The van der Waals surface area contributed by atoms with E-state index in [1.54, 1.807) is 29.2 Å². The van der Waals surface area contributed by atoms with Crippen LogP contribution in [0.1, 0.15) is 26.3 Å². The summed E-state index contributed by atoms with van der Waals surface area (Å²) in [6, 6.07) is 12.2. The zero-order chi connectivity index (χ0) is 23.9. The topological polar surface area (TPSA) is 70.6 Å². The molecule has 6 nitrogen and oxygen atoms in total. The molecule has 4 rings (SSSR count). The molecule has 0 aliphatic carbocycles. The highest BCUT2D eigenvalue weighted by Crippen LogP contribution is 2.35. The SMILES string of the molecule is Cc1ccc(S(=O)(=O)N2C[C@@H](C)N(C(=O)CSc3nc4cc(Cl)ccc4s3)[C@H]2C(C)C)cc1. The van der Waals surface area contributed by atoms with E-state index in [1.165, 1.54) is 27.4 Å². The number of carbonyl (C=O) groups is 1. The van der Waals surface area contributed by atoms with Gasteiger partial charge >= 0.3 is 0 Å². The molecule has 3 aromatic rings. The zero-order valence-electron chi connectivity index (χ0n) is 18.9. The number of thiazole rings is 1. The maximum atomic E-state index is 13.4. The second-order valence-electron chi connectivity index (χ2n) is 8.58. The number of hydrogen-bond acceptors (Lipinski definition) is 6. The van der Waals surface area contributed by atoms with E-state index < -0.39 is 16.2 Å². The van der Waals surface area contributed by atoms with Crippen molar-refractivity contribution in [2.75, 3.05) is 12.3 Å². The van der Waals surface area contributed by atoms with Gasteiger partial charge < -0.3 is 4.90 Å². The minimum Gasteiger partial charge on any atom is -0.321 e. The second kappa shape index (κ2) is 9.54. The van der Waals surface area contributed by atoms with Crippen molar-refractivity contribution in [1.82, 2.24) is 14.2 Å². The fourth-order valence-electron chi connectivity index (χ4n) is 4.13. The minimum atomic E-state index is -3.73. The number of fused-ring (bicyclic) bond motifs is 1. The first kappa shape index (κ1) is 24.5. The highest BCUT2D eigenvalue weighted by Gasteiger charge is 2.47. The van der Waals surface area contributed by atoms with Crippen LogP contribution in [0.5, 0.6) is 0 Å². The fraction of sp³-hybridized carbons (Fsp3) is 0.391. The Kier molecular flexibility index (Phi) is 7.08. The van der Waals surface area contributed by atoms with Gasteiger partial charge in [-0.1, -0.05) is 54.9 Å². The standard InChI is InChI=1S/C23H26ClN3O3S3/c1-14(2)22-26(33(29,30)18-8-5-15(3)6-9-18)12-16(4)27(22)21(28)13-31-23-25-19-11-17(24)7-10-20(19)32-23/h5-11,14,16,22H,12-13H2,1-4H3/t16-,22+/m1/s1. The van der Waals surface area contributed by atoms with Crippen molar-refractivity contribution >= 4 is 60.8 Å². The first-order valence-electron chi connectivity index (χ1n) is 10.7. The summed E-state index contributed by atoms with van der Waals surface area (Å²) < 4.78 is 30.2. The molecule has 0 spiro atoms. The number of amides is 1. The van der Waals surface area contributed by atoms with E-state index in [-0.39, 0.29) is 35.1 Å². The highest BCUT2D eigenvalue weighted by atomic mass is 35.5. The number of sulfonamides is 1. The molecular formula is C23H26ClN3O3S3. The molecule has 176 valence electrons. The van der Waals surface area contributed by atoms with Gasteiger partial charge in [0.05, 0.1) is 20.9 Å². The van der Waals surface area contributed by atoms with Gasteiger partial charge in [-0.3, -0.25) is 4.79 Å². The van der Waals surface area contributed by atoms with E-state index >= 15 is 0 Å². The van der Waals surface area contributed by atoms with E-state index in [2.05, 4.69) is 4.98 Å². The van der Waals surface area contributed by atoms with Gasteiger partial charge in [-0.15, -0.1) is 11.3 Å². The van der Waals surface area contributed by atoms with Crippen LogP contribution in [0.2, 0.25) is 5.02 Å². The third-order valence-electron chi connectivity index (χ3n) is 5.66. The predicted molar refractivity (Wildman–Crippen MR) is 135 cm³/mol. The number of rotatable bonds is 6. The summed E-state index contributed by atoms with van der Waals surface area (Å²) in [6.07, 6.45) is -0.534. The maximum absolute atomic E-state index is 13.4. The lowest BCUT2D eigenvalue weighted by Crippen LogP contribution is -2.49. The van der Waals surface area contributed by atoms with Crippen molar-refractivity contribution < 1.29 is 13.2 Å². The first-order valence-corrected chi connectivity index (χ1v) is 14.3. The van der Waals surface area contributed by atoms with Crippen molar-refractivity contribution in [1.29, 1.82) is 0 Å². The Hall–Kier alpha value is -1.65. The van der Waals surface area contributed by atoms with Crippen molar-refractivity contribution in [3.05, 3.63) is 53.1 Å². The van der Waals surface area contributed by atoms with Crippen LogP contribution in [0.15, 0.2) is 51.7 Å². The summed E-state index contributed by atoms with van der Waals surface area (Å²) >= 11 is 8.94. The van der Waals surface area contributed by atoms with Gasteiger partial charge in [0.1, 0.15) is 6.17 Å². The number of hydrogen-bond donors (Lipinski definition) is 0. The molecule has 0 radical (unpaired) electrons. The molecule has 2 heterocycles. The molecule has 10 heteroatoms. The predicted octanol–water partition coefficient (Wildman–Crippen LogP) is 5.25. The molecule has 1 fully saturated rings. The Morgan fingerprint density at radius 3 is 2.61 bits per heavy atom. The Morgan fingerprint density at radius 1 is 1.24 bits per heavy atom. The second-order valence-corrected chi connectivity index (χ2v) is 13.2. The third-order valence-corrected chi connectivity index (χ3v) is 9.91. The smallest absolute Gasteiger partial charge is 0.244 e. The number of halogens is 1. The molecule has 1 aromatic heterocycles. The van der Waals surface area contributed by atoms with Gasteiger partial charge in [-0.2, -0.15) is 4.31 Å². The van der Waals surface area contributed by atoms with E-state index in [4.69, 9.17) is 11.6 Å². The molecule has 2 aromatic carbocycles. The molecule has 1 saturated heterocycles. The Morgan fingerprint density at radius 2 is 1.94 bits per heavy atom. The molecule has 1 aliphatic heterocycles. The van der Waals surface area contributed by atoms with Gasteiger partial charge in [0.2, 0.25) is 15.9 Å². The number of aryl methyl sites for hydroxylation is 1. The average Bonchev–Trinajstić information content (AvgIpc) is 3.33. The lowest BCUT2D eigenvalue weighted by atomic mass is 10.1. The lowest BCUT2D eigenvalue weighted by Gasteiger charge is -2.33. The molecule has 1 amide bonds. The summed E-state index contributed by atoms with van der Waals surface area (Å²) in [7, 11) is -3.73. The Labute approximate surface area is 208 Å². The number of carbonyl (C=O) groups excluding carboxylic acids is 1. The van der Waals surface area contributed by atoms with Crippen molar-refractivity contribution in [3.8, 4) is 0 Å². The third kappa shape index (κ3) is 4.93.